The Labute approximate surface area is 156 Å². The third kappa shape index (κ3) is 3.33. The molecule has 0 spiro atoms. The van der Waals surface area contributed by atoms with E-state index in [0.29, 0.717) is 25.1 Å². The van der Waals surface area contributed by atoms with Gasteiger partial charge in [0.25, 0.3) is 11.7 Å². The molecule has 6 heteroatoms. The normalized spacial score (nSPS) is 16.7. The fourth-order valence-electron chi connectivity index (χ4n) is 3.47. The molecule has 1 aromatic heterocycles. The van der Waals surface area contributed by atoms with Gasteiger partial charge < -0.3 is 15.2 Å². The molecule has 1 unspecified atom stereocenters. The summed E-state index contributed by atoms with van der Waals surface area (Å²) in [5, 5.41) is 3.41. The highest BCUT2D eigenvalue weighted by atomic mass is 16.2. The zero-order valence-corrected chi connectivity index (χ0v) is 14.6. The number of para-hydroxylation sites is 2. The number of Topliss-reactive ketones (excluding diaryl/α,β-unsaturated/α-hetero) is 1. The van der Waals surface area contributed by atoms with E-state index < -0.39 is 11.7 Å². The molecular formula is C21H19N3O3. The topological polar surface area (TPSA) is 82.3 Å². The van der Waals surface area contributed by atoms with Crippen LogP contribution in [0.25, 0.3) is 10.9 Å². The summed E-state index contributed by atoms with van der Waals surface area (Å²) >= 11 is 0. The van der Waals surface area contributed by atoms with Gasteiger partial charge in [-0.2, -0.15) is 0 Å². The van der Waals surface area contributed by atoms with Gasteiger partial charge in [0.1, 0.15) is 0 Å². The van der Waals surface area contributed by atoms with Crippen molar-refractivity contribution in [1.29, 1.82) is 0 Å². The van der Waals surface area contributed by atoms with Gasteiger partial charge in [0.2, 0.25) is 5.91 Å². The number of hydrogen-bond acceptors (Lipinski definition) is 3. The third-order valence-corrected chi connectivity index (χ3v) is 4.86. The van der Waals surface area contributed by atoms with Crippen molar-refractivity contribution in [2.45, 2.75) is 6.42 Å². The van der Waals surface area contributed by atoms with Crippen LogP contribution in [0, 0.1) is 5.92 Å². The number of aromatic amines is 1. The van der Waals surface area contributed by atoms with E-state index in [9.17, 15) is 14.4 Å². The summed E-state index contributed by atoms with van der Waals surface area (Å²) in [4.78, 5) is 41.7. The Morgan fingerprint density at radius 2 is 1.81 bits per heavy atom. The maximum absolute atomic E-state index is 12.5. The van der Waals surface area contributed by atoms with E-state index in [1.165, 1.54) is 0 Å². The maximum Gasteiger partial charge on any atom is 0.292 e. The number of anilines is 1. The summed E-state index contributed by atoms with van der Waals surface area (Å²) in [7, 11) is 0. The number of rotatable bonds is 5. The average Bonchev–Trinajstić information content (AvgIpc) is 3.29. The van der Waals surface area contributed by atoms with Gasteiger partial charge in [-0.25, -0.2) is 0 Å². The highest BCUT2D eigenvalue weighted by Crippen LogP contribution is 2.24. The molecule has 1 atom stereocenters. The Kier molecular flexibility index (Phi) is 4.46. The van der Waals surface area contributed by atoms with Gasteiger partial charge in [0.15, 0.2) is 0 Å². The van der Waals surface area contributed by atoms with Crippen LogP contribution in [0.1, 0.15) is 16.8 Å². The highest BCUT2D eigenvalue weighted by molar-refractivity contribution is 6.44. The van der Waals surface area contributed by atoms with Crippen LogP contribution >= 0.6 is 0 Å². The first-order chi connectivity index (χ1) is 13.1. The number of H-pyrrole nitrogens is 1. The number of hydrogen-bond donors (Lipinski definition) is 2. The molecule has 2 amide bonds. The number of carbonyl (C=O) groups excluding carboxylic acids is 3. The first-order valence-corrected chi connectivity index (χ1v) is 8.87. The zero-order valence-electron chi connectivity index (χ0n) is 14.6. The molecule has 0 aliphatic carbocycles. The summed E-state index contributed by atoms with van der Waals surface area (Å²) in [5.74, 6) is -1.21. The Balaban J connectivity index is 1.38. The van der Waals surface area contributed by atoms with Gasteiger partial charge in [0, 0.05) is 48.2 Å². The van der Waals surface area contributed by atoms with Crippen molar-refractivity contribution in [3.05, 3.63) is 66.4 Å². The van der Waals surface area contributed by atoms with Crippen molar-refractivity contribution in [2.75, 3.05) is 18.0 Å². The minimum absolute atomic E-state index is 0.0163. The van der Waals surface area contributed by atoms with Crippen LogP contribution in [0.5, 0.6) is 0 Å². The second-order valence-corrected chi connectivity index (χ2v) is 6.70. The standard InChI is InChI=1S/C21H19N3O3/c25-19-10-14(13-24(19)15-6-2-1-3-7-15)11-23-21(27)20(26)17-12-22-18-9-5-4-8-16(17)18/h1-9,12,14,22H,10-11,13H2,(H,23,27). The van der Waals surface area contributed by atoms with Crippen LogP contribution in [0.4, 0.5) is 5.69 Å². The lowest BCUT2D eigenvalue weighted by Crippen LogP contribution is -2.35. The summed E-state index contributed by atoms with van der Waals surface area (Å²) in [6.07, 6.45) is 1.92. The molecular weight excluding hydrogens is 342 g/mol. The number of ketones is 1. The van der Waals surface area contributed by atoms with E-state index in [2.05, 4.69) is 10.3 Å². The highest BCUT2D eigenvalue weighted by Gasteiger charge is 2.31. The Morgan fingerprint density at radius 1 is 1.07 bits per heavy atom. The molecule has 1 fully saturated rings. The molecule has 1 saturated heterocycles. The molecule has 1 aliphatic heterocycles. The molecule has 0 radical (unpaired) electrons. The fourth-order valence-corrected chi connectivity index (χ4v) is 3.47. The molecule has 0 saturated carbocycles. The van der Waals surface area contributed by atoms with Gasteiger partial charge in [-0.05, 0) is 18.2 Å². The molecule has 4 rings (SSSR count). The average molecular weight is 361 g/mol. The van der Waals surface area contributed by atoms with Crippen molar-refractivity contribution in [3.8, 4) is 0 Å². The molecule has 2 heterocycles. The predicted octanol–water partition coefficient (Wildman–Crippen LogP) is 2.52. The molecule has 0 bridgehead atoms. The summed E-state index contributed by atoms with van der Waals surface area (Å²) in [5.41, 5.74) is 2.02. The van der Waals surface area contributed by atoms with Crippen LogP contribution in [-0.4, -0.2) is 35.7 Å². The van der Waals surface area contributed by atoms with Crippen molar-refractivity contribution >= 4 is 34.2 Å². The SMILES string of the molecule is O=C(NCC1CC(=O)N(c2ccccc2)C1)C(=O)c1c[nH]c2ccccc12. The lowest BCUT2D eigenvalue weighted by atomic mass is 10.1. The molecule has 136 valence electrons. The quantitative estimate of drug-likeness (QED) is 0.541. The fraction of sp³-hybridized carbons (Fsp3) is 0.190. The monoisotopic (exact) mass is 361 g/mol. The van der Waals surface area contributed by atoms with Gasteiger partial charge in [-0.15, -0.1) is 0 Å². The maximum atomic E-state index is 12.5. The van der Waals surface area contributed by atoms with E-state index in [0.717, 1.165) is 16.6 Å². The van der Waals surface area contributed by atoms with Gasteiger partial charge in [-0.1, -0.05) is 36.4 Å². The molecule has 27 heavy (non-hydrogen) atoms. The number of nitrogens with zero attached hydrogens (tertiary/aromatic N) is 1. The third-order valence-electron chi connectivity index (χ3n) is 4.86. The van der Waals surface area contributed by atoms with E-state index in [1.54, 1.807) is 17.2 Å². The predicted molar refractivity (Wildman–Crippen MR) is 103 cm³/mol. The van der Waals surface area contributed by atoms with Crippen LogP contribution < -0.4 is 10.2 Å². The Morgan fingerprint density at radius 3 is 2.63 bits per heavy atom. The second-order valence-electron chi connectivity index (χ2n) is 6.70. The van der Waals surface area contributed by atoms with Crippen LogP contribution in [0.3, 0.4) is 0 Å². The zero-order chi connectivity index (χ0) is 18.8. The number of fused-ring (bicyclic) bond motifs is 1. The van der Waals surface area contributed by atoms with Crippen molar-refractivity contribution < 1.29 is 14.4 Å². The largest absolute Gasteiger partial charge is 0.360 e. The van der Waals surface area contributed by atoms with Crippen LogP contribution in [0.15, 0.2) is 60.8 Å². The summed E-state index contributed by atoms with van der Waals surface area (Å²) < 4.78 is 0. The van der Waals surface area contributed by atoms with E-state index in [-0.39, 0.29) is 11.8 Å². The van der Waals surface area contributed by atoms with Crippen LogP contribution in [-0.2, 0) is 9.59 Å². The first kappa shape index (κ1) is 17.0. The lowest BCUT2D eigenvalue weighted by Gasteiger charge is -2.16. The van der Waals surface area contributed by atoms with Gasteiger partial charge in [0.05, 0.1) is 5.56 Å². The number of aromatic nitrogens is 1. The molecule has 1 aliphatic rings. The van der Waals surface area contributed by atoms with E-state index in [4.69, 9.17) is 0 Å². The smallest absolute Gasteiger partial charge is 0.292 e. The lowest BCUT2D eigenvalue weighted by molar-refractivity contribution is -0.118. The Hall–Kier alpha value is -3.41. The number of amides is 2. The minimum Gasteiger partial charge on any atom is -0.360 e. The summed E-state index contributed by atoms with van der Waals surface area (Å²) in [6.45, 7) is 0.826. The molecule has 3 aromatic rings. The molecule has 6 nitrogen and oxygen atoms in total. The van der Waals surface area contributed by atoms with Crippen LogP contribution in [0.2, 0.25) is 0 Å². The second kappa shape index (κ2) is 7.07. The first-order valence-electron chi connectivity index (χ1n) is 8.87. The number of carbonyl (C=O) groups is 3. The van der Waals surface area contributed by atoms with E-state index >= 15 is 0 Å². The summed E-state index contributed by atoms with van der Waals surface area (Å²) in [6, 6.07) is 16.8. The van der Waals surface area contributed by atoms with Crippen molar-refractivity contribution in [3.63, 3.8) is 0 Å². The minimum atomic E-state index is -0.648. The van der Waals surface area contributed by atoms with Crippen molar-refractivity contribution in [2.24, 2.45) is 5.92 Å². The van der Waals surface area contributed by atoms with Gasteiger partial charge in [-0.3, -0.25) is 14.4 Å². The molecule has 2 N–H and O–H groups in total. The number of benzene rings is 2. The molecule has 2 aromatic carbocycles. The van der Waals surface area contributed by atoms with E-state index in [1.807, 2.05) is 48.5 Å². The Bertz CT molecular complexity index is 1010. The van der Waals surface area contributed by atoms with Crippen molar-refractivity contribution in [1.82, 2.24) is 10.3 Å². The van der Waals surface area contributed by atoms with Gasteiger partial charge >= 0.3 is 0 Å². The number of nitrogens with one attached hydrogen (secondary N) is 2.